The van der Waals surface area contributed by atoms with Gasteiger partial charge in [0.2, 0.25) is 21.8 Å². The van der Waals surface area contributed by atoms with Crippen LogP contribution in [0, 0.1) is 5.92 Å². The van der Waals surface area contributed by atoms with Crippen LogP contribution in [-0.2, 0) is 14.8 Å². The van der Waals surface area contributed by atoms with Crippen molar-refractivity contribution < 1.29 is 17.9 Å². The molecule has 1 aliphatic carbocycles. The molecule has 9 heteroatoms. The summed E-state index contributed by atoms with van der Waals surface area (Å²) in [4.78, 5) is 18.5. The summed E-state index contributed by atoms with van der Waals surface area (Å²) in [5.74, 6) is 0.249. The fourth-order valence-electron chi connectivity index (χ4n) is 3.41. The van der Waals surface area contributed by atoms with Crippen LogP contribution in [0.3, 0.4) is 0 Å². The predicted octanol–water partition coefficient (Wildman–Crippen LogP) is 4.46. The molecule has 0 atom stereocenters. The van der Waals surface area contributed by atoms with Crippen molar-refractivity contribution in [3.8, 4) is 5.88 Å². The molecule has 3 rings (SSSR count). The molecule has 1 aliphatic rings. The van der Waals surface area contributed by atoms with Crippen molar-refractivity contribution in [1.82, 2.24) is 9.71 Å². The molecule has 1 heterocycles. The van der Waals surface area contributed by atoms with E-state index in [1.54, 1.807) is 40.0 Å². The number of pyridine rings is 1. The smallest absolute Gasteiger partial charge is 0.227 e. The summed E-state index contributed by atoms with van der Waals surface area (Å²) in [6.07, 6.45) is 2.54. The SMILES string of the molecule is COc1ccc(NC(=O)[C@H]2CC[C@H](NS(=O)(=O)C(C)(C)C)CC2)c(Sc2ccccc2)n1. The number of aromatic nitrogens is 1. The fraction of sp³-hybridized carbons (Fsp3) is 0.478. The summed E-state index contributed by atoms with van der Waals surface area (Å²) in [5.41, 5.74) is 0.639. The van der Waals surface area contributed by atoms with E-state index in [9.17, 15) is 13.2 Å². The van der Waals surface area contributed by atoms with Crippen LogP contribution in [0.4, 0.5) is 5.69 Å². The molecule has 0 radical (unpaired) electrons. The Labute approximate surface area is 194 Å². The third-order valence-corrected chi connectivity index (χ3v) is 8.75. The molecule has 0 unspecified atom stereocenters. The van der Waals surface area contributed by atoms with Crippen LogP contribution in [0.5, 0.6) is 5.88 Å². The standard InChI is InChI=1S/C23H31N3O4S2/c1-23(2,3)32(28,29)26-17-12-10-16(11-13-17)21(27)24-19-14-15-20(30-4)25-22(19)31-18-8-6-5-7-9-18/h5-9,14-17,26H,10-13H2,1-4H3,(H,24,27)/t16-,17-. The van der Waals surface area contributed by atoms with Crippen molar-refractivity contribution >= 4 is 33.4 Å². The molecular formula is C23H31N3O4S2. The number of sulfonamides is 1. The number of nitrogens with zero attached hydrogens (tertiary/aromatic N) is 1. The van der Waals surface area contributed by atoms with Gasteiger partial charge in [0, 0.05) is 22.9 Å². The number of ether oxygens (including phenoxy) is 1. The van der Waals surface area contributed by atoms with Gasteiger partial charge in [0.25, 0.3) is 0 Å². The van der Waals surface area contributed by atoms with Crippen molar-refractivity contribution in [3.63, 3.8) is 0 Å². The molecule has 1 aromatic carbocycles. The minimum atomic E-state index is -3.40. The second-order valence-electron chi connectivity index (χ2n) is 8.89. The zero-order chi connectivity index (χ0) is 23.4. The van der Waals surface area contributed by atoms with Crippen LogP contribution in [0.2, 0.25) is 0 Å². The molecule has 0 bridgehead atoms. The van der Waals surface area contributed by atoms with E-state index in [2.05, 4.69) is 15.0 Å². The number of hydrogen-bond acceptors (Lipinski definition) is 6. The summed E-state index contributed by atoms with van der Waals surface area (Å²) in [5, 5.41) is 3.69. The summed E-state index contributed by atoms with van der Waals surface area (Å²) in [6, 6.07) is 13.2. The lowest BCUT2D eigenvalue weighted by Gasteiger charge is -2.30. The van der Waals surface area contributed by atoms with E-state index in [0.717, 1.165) is 4.90 Å². The van der Waals surface area contributed by atoms with Crippen molar-refractivity contribution in [2.75, 3.05) is 12.4 Å². The highest BCUT2D eigenvalue weighted by atomic mass is 32.2. The van der Waals surface area contributed by atoms with Gasteiger partial charge in [-0.1, -0.05) is 30.0 Å². The normalized spacial score (nSPS) is 19.4. The number of carbonyl (C=O) groups excluding carboxylic acids is 1. The second kappa shape index (κ2) is 10.2. The summed E-state index contributed by atoms with van der Waals surface area (Å²) < 4.78 is 32.0. The zero-order valence-electron chi connectivity index (χ0n) is 18.9. The maximum Gasteiger partial charge on any atom is 0.227 e. The predicted molar refractivity (Wildman–Crippen MR) is 128 cm³/mol. The minimum Gasteiger partial charge on any atom is -0.481 e. The molecule has 7 nitrogen and oxygen atoms in total. The second-order valence-corrected chi connectivity index (χ2v) is 12.4. The Bertz CT molecular complexity index is 1030. The van der Waals surface area contributed by atoms with E-state index >= 15 is 0 Å². The third kappa shape index (κ3) is 6.24. The van der Waals surface area contributed by atoms with E-state index in [-0.39, 0.29) is 17.9 Å². The number of hydrogen-bond donors (Lipinski definition) is 2. The van der Waals surface area contributed by atoms with Gasteiger partial charge in [-0.2, -0.15) is 0 Å². The van der Waals surface area contributed by atoms with Crippen molar-refractivity contribution in [2.45, 2.75) is 67.2 Å². The molecule has 1 fully saturated rings. The van der Waals surface area contributed by atoms with Gasteiger partial charge in [0.1, 0.15) is 5.03 Å². The summed E-state index contributed by atoms with van der Waals surface area (Å²) >= 11 is 1.46. The quantitative estimate of drug-likeness (QED) is 0.611. The molecule has 0 saturated heterocycles. The van der Waals surface area contributed by atoms with Gasteiger partial charge in [-0.15, -0.1) is 0 Å². The Morgan fingerprint density at radius 3 is 2.31 bits per heavy atom. The summed E-state index contributed by atoms with van der Waals surface area (Å²) in [7, 11) is -1.84. The first-order chi connectivity index (χ1) is 15.1. The number of nitrogens with one attached hydrogen (secondary N) is 2. The molecular weight excluding hydrogens is 446 g/mol. The van der Waals surface area contributed by atoms with Gasteiger partial charge in [0.05, 0.1) is 17.5 Å². The number of amides is 1. The third-order valence-electron chi connectivity index (χ3n) is 5.49. The van der Waals surface area contributed by atoms with Crippen LogP contribution in [0.15, 0.2) is 52.4 Å². The fourth-order valence-corrected chi connectivity index (χ4v) is 5.32. The van der Waals surface area contributed by atoms with Crippen LogP contribution >= 0.6 is 11.8 Å². The highest BCUT2D eigenvalue weighted by molar-refractivity contribution is 7.99. The van der Waals surface area contributed by atoms with Crippen LogP contribution in [-0.4, -0.2) is 37.2 Å². The van der Waals surface area contributed by atoms with Crippen LogP contribution in [0.25, 0.3) is 0 Å². The maximum absolute atomic E-state index is 13.0. The lowest BCUT2D eigenvalue weighted by Crippen LogP contribution is -2.46. The first-order valence-corrected chi connectivity index (χ1v) is 13.0. The average molecular weight is 478 g/mol. The van der Waals surface area contributed by atoms with E-state index in [4.69, 9.17) is 4.74 Å². The minimum absolute atomic E-state index is 0.0657. The number of carbonyl (C=O) groups is 1. The molecule has 2 aromatic rings. The number of anilines is 1. The first-order valence-electron chi connectivity index (χ1n) is 10.7. The molecule has 1 aromatic heterocycles. The molecule has 174 valence electrons. The first kappa shape index (κ1) is 24.5. The average Bonchev–Trinajstić information content (AvgIpc) is 2.75. The molecule has 2 N–H and O–H groups in total. The highest BCUT2D eigenvalue weighted by Gasteiger charge is 2.34. The topological polar surface area (TPSA) is 97.4 Å². The van der Waals surface area contributed by atoms with E-state index in [1.807, 2.05) is 30.3 Å². The van der Waals surface area contributed by atoms with E-state index in [0.29, 0.717) is 42.3 Å². The number of rotatable bonds is 7. The van der Waals surface area contributed by atoms with Crippen LogP contribution in [0.1, 0.15) is 46.5 Å². The molecule has 1 amide bonds. The van der Waals surface area contributed by atoms with Gasteiger partial charge in [-0.3, -0.25) is 4.79 Å². The van der Waals surface area contributed by atoms with E-state index < -0.39 is 14.8 Å². The Morgan fingerprint density at radius 2 is 1.72 bits per heavy atom. The Hall–Kier alpha value is -2.10. The molecule has 1 saturated carbocycles. The van der Waals surface area contributed by atoms with Crippen LogP contribution < -0.4 is 14.8 Å². The monoisotopic (exact) mass is 477 g/mol. The van der Waals surface area contributed by atoms with E-state index in [1.165, 1.54) is 11.8 Å². The Morgan fingerprint density at radius 1 is 1.06 bits per heavy atom. The van der Waals surface area contributed by atoms with Crippen molar-refractivity contribution in [3.05, 3.63) is 42.5 Å². The van der Waals surface area contributed by atoms with Gasteiger partial charge in [-0.25, -0.2) is 18.1 Å². The van der Waals surface area contributed by atoms with Gasteiger partial charge in [0.15, 0.2) is 0 Å². The molecule has 0 spiro atoms. The molecule has 32 heavy (non-hydrogen) atoms. The van der Waals surface area contributed by atoms with Crippen molar-refractivity contribution in [2.24, 2.45) is 5.92 Å². The van der Waals surface area contributed by atoms with Gasteiger partial charge >= 0.3 is 0 Å². The number of benzene rings is 1. The lowest BCUT2D eigenvalue weighted by molar-refractivity contribution is -0.120. The van der Waals surface area contributed by atoms with Gasteiger partial charge in [-0.05, 0) is 64.7 Å². The Balaban J connectivity index is 1.64. The number of methoxy groups -OCH3 is 1. The molecule has 0 aliphatic heterocycles. The Kier molecular flexibility index (Phi) is 7.84. The maximum atomic E-state index is 13.0. The van der Waals surface area contributed by atoms with Gasteiger partial charge < -0.3 is 10.1 Å². The lowest BCUT2D eigenvalue weighted by atomic mass is 9.86. The zero-order valence-corrected chi connectivity index (χ0v) is 20.6. The summed E-state index contributed by atoms with van der Waals surface area (Å²) in [6.45, 7) is 5.05. The highest BCUT2D eigenvalue weighted by Crippen LogP contribution is 2.34. The van der Waals surface area contributed by atoms with Crippen molar-refractivity contribution in [1.29, 1.82) is 0 Å². The largest absolute Gasteiger partial charge is 0.481 e.